The van der Waals surface area contributed by atoms with Gasteiger partial charge in [0.25, 0.3) is 5.56 Å². The van der Waals surface area contributed by atoms with Crippen molar-refractivity contribution in [2.75, 3.05) is 6.61 Å². The highest BCUT2D eigenvalue weighted by Gasteiger charge is 2.28. The van der Waals surface area contributed by atoms with Crippen molar-refractivity contribution in [3.05, 3.63) is 32.1 Å². The Hall–Kier alpha value is -1.60. The van der Waals surface area contributed by atoms with E-state index in [1.165, 1.54) is 17.7 Å². The Morgan fingerprint density at radius 2 is 2.32 bits per heavy atom. The molecule has 0 aromatic carbocycles. The SMILES string of the molecule is CC(=O)OC[C@@H]1CC[C@H](n2cc(Cl)c(=O)[nH]c2=O)O1. The highest BCUT2D eigenvalue weighted by molar-refractivity contribution is 6.30. The second kappa shape index (κ2) is 5.58. The van der Waals surface area contributed by atoms with Crippen molar-refractivity contribution in [3.8, 4) is 0 Å². The van der Waals surface area contributed by atoms with Crippen LogP contribution in [0.1, 0.15) is 26.0 Å². The van der Waals surface area contributed by atoms with Crippen molar-refractivity contribution in [2.45, 2.75) is 32.1 Å². The minimum atomic E-state index is -0.627. The summed E-state index contributed by atoms with van der Waals surface area (Å²) in [5.74, 6) is -0.378. The Balaban J connectivity index is 2.09. The predicted molar refractivity (Wildman–Crippen MR) is 66.1 cm³/mol. The molecule has 0 bridgehead atoms. The highest BCUT2D eigenvalue weighted by Crippen LogP contribution is 2.27. The summed E-state index contributed by atoms with van der Waals surface area (Å²) in [4.78, 5) is 35.6. The van der Waals surface area contributed by atoms with Crippen LogP contribution < -0.4 is 11.2 Å². The molecule has 0 saturated carbocycles. The third kappa shape index (κ3) is 3.24. The van der Waals surface area contributed by atoms with Crippen molar-refractivity contribution >= 4 is 17.6 Å². The number of hydrogen-bond donors (Lipinski definition) is 1. The fraction of sp³-hybridized carbons (Fsp3) is 0.545. The van der Waals surface area contributed by atoms with Gasteiger partial charge in [0.2, 0.25) is 0 Å². The zero-order chi connectivity index (χ0) is 14.0. The number of aromatic nitrogens is 2. The Labute approximate surface area is 113 Å². The molecular weight excluding hydrogens is 276 g/mol. The zero-order valence-corrected chi connectivity index (χ0v) is 11.0. The standard InChI is InChI=1S/C11H13ClN2O5/c1-6(15)18-5-7-2-3-9(19-7)14-4-8(12)10(16)13-11(14)17/h4,7,9H,2-3,5H2,1H3,(H,13,16,17)/t7-,9+/m0/s1. The number of nitrogens with one attached hydrogen (secondary N) is 1. The zero-order valence-electron chi connectivity index (χ0n) is 10.2. The van der Waals surface area contributed by atoms with Gasteiger partial charge >= 0.3 is 11.7 Å². The van der Waals surface area contributed by atoms with Gasteiger partial charge < -0.3 is 9.47 Å². The van der Waals surface area contributed by atoms with Crippen LogP contribution in [0.4, 0.5) is 0 Å². The highest BCUT2D eigenvalue weighted by atomic mass is 35.5. The van der Waals surface area contributed by atoms with Crippen molar-refractivity contribution in [3.63, 3.8) is 0 Å². The average molecular weight is 289 g/mol. The molecule has 7 nitrogen and oxygen atoms in total. The number of rotatable bonds is 3. The number of H-pyrrole nitrogens is 1. The van der Waals surface area contributed by atoms with Gasteiger partial charge in [-0.1, -0.05) is 11.6 Å². The fourth-order valence-electron chi connectivity index (χ4n) is 1.90. The Bertz CT molecular complexity index is 593. The molecule has 2 heterocycles. The lowest BCUT2D eigenvalue weighted by Gasteiger charge is -2.15. The summed E-state index contributed by atoms with van der Waals surface area (Å²) in [5, 5.41) is -0.0772. The maximum absolute atomic E-state index is 11.6. The molecule has 1 aliphatic rings. The minimum Gasteiger partial charge on any atom is -0.463 e. The van der Waals surface area contributed by atoms with Crippen LogP contribution in [0.3, 0.4) is 0 Å². The molecule has 19 heavy (non-hydrogen) atoms. The van der Waals surface area contributed by atoms with Crippen molar-refractivity contribution in [1.29, 1.82) is 0 Å². The first-order chi connectivity index (χ1) is 8.97. The minimum absolute atomic E-state index is 0.0772. The van der Waals surface area contributed by atoms with Gasteiger partial charge in [0.1, 0.15) is 17.9 Å². The number of nitrogens with zero attached hydrogens (tertiary/aromatic N) is 1. The van der Waals surface area contributed by atoms with E-state index in [1.54, 1.807) is 0 Å². The largest absolute Gasteiger partial charge is 0.463 e. The van der Waals surface area contributed by atoms with E-state index in [1.807, 2.05) is 0 Å². The summed E-state index contributed by atoms with van der Waals surface area (Å²) in [5.41, 5.74) is -1.20. The quantitative estimate of drug-likeness (QED) is 0.815. The monoisotopic (exact) mass is 288 g/mol. The smallest absolute Gasteiger partial charge is 0.330 e. The van der Waals surface area contributed by atoms with E-state index in [4.69, 9.17) is 21.1 Å². The van der Waals surface area contributed by atoms with E-state index >= 15 is 0 Å². The Kier molecular flexibility index (Phi) is 4.06. The predicted octanol–water partition coefficient (Wildman–Crippen LogP) is 0.431. The summed E-state index contributed by atoms with van der Waals surface area (Å²) in [6.45, 7) is 1.47. The first-order valence-corrected chi connectivity index (χ1v) is 6.15. The Morgan fingerprint density at radius 1 is 1.58 bits per heavy atom. The number of esters is 1. The first kappa shape index (κ1) is 13.8. The Morgan fingerprint density at radius 3 is 3.00 bits per heavy atom. The number of carbonyl (C=O) groups is 1. The van der Waals surface area contributed by atoms with Crippen LogP contribution in [-0.2, 0) is 14.3 Å². The number of hydrogen-bond acceptors (Lipinski definition) is 5. The second-order valence-corrected chi connectivity index (χ2v) is 4.64. The lowest BCUT2D eigenvalue weighted by Crippen LogP contribution is -2.32. The van der Waals surface area contributed by atoms with Crippen LogP contribution >= 0.6 is 11.6 Å². The first-order valence-electron chi connectivity index (χ1n) is 5.77. The summed E-state index contributed by atoms with van der Waals surface area (Å²) < 4.78 is 11.7. The maximum atomic E-state index is 11.6. The van der Waals surface area contributed by atoms with Gasteiger partial charge in [-0.3, -0.25) is 19.1 Å². The lowest BCUT2D eigenvalue weighted by atomic mass is 10.2. The number of halogens is 1. The van der Waals surface area contributed by atoms with Gasteiger partial charge in [0.05, 0.1) is 6.10 Å². The molecule has 0 spiro atoms. The third-order valence-corrected chi connectivity index (χ3v) is 3.06. The van der Waals surface area contributed by atoms with E-state index < -0.39 is 17.5 Å². The van der Waals surface area contributed by atoms with Crippen LogP contribution in [-0.4, -0.2) is 28.2 Å². The summed E-state index contributed by atoms with van der Waals surface area (Å²) >= 11 is 5.67. The molecule has 0 amide bonds. The van der Waals surface area contributed by atoms with Gasteiger partial charge in [0, 0.05) is 13.1 Å². The maximum Gasteiger partial charge on any atom is 0.330 e. The molecule has 1 N–H and O–H groups in total. The van der Waals surface area contributed by atoms with Crippen molar-refractivity contribution in [1.82, 2.24) is 9.55 Å². The van der Waals surface area contributed by atoms with Crippen LogP contribution in [0.15, 0.2) is 15.8 Å². The van der Waals surface area contributed by atoms with Crippen LogP contribution in [0.25, 0.3) is 0 Å². The summed E-state index contributed by atoms with van der Waals surface area (Å²) in [6, 6.07) is 0. The average Bonchev–Trinajstić information content (AvgIpc) is 2.80. The molecule has 0 aliphatic carbocycles. The van der Waals surface area contributed by atoms with Crippen LogP contribution in [0.2, 0.25) is 5.02 Å². The van der Waals surface area contributed by atoms with E-state index in [-0.39, 0.29) is 23.7 Å². The molecule has 1 saturated heterocycles. The molecule has 1 fully saturated rings. The van der Waals surface area contributed by atoms with Gasteiger partial charge in [-0.05, 0) is 12.8 Å². The molecule has 0 radical (unpaired) electrons. The topological polar surface area (TPSA) is 90.4 Å². The van der Waals surface area contributed by atoms with Gasteiger partial charge in [-0.2, -0.15) is 0 Å². The molecule has 2 atom stereocenters. The molecular formula is C11H13ClN2O5. The van der Waals surface area contributed by atoms with Crippen LogP contribution in [0, 0.1) is 0 Å². The fourth-order valence-corrected chi connectivity index (χ4v) is 2.05. The lowest BCUT2D eigenvalue weighted by molar-refractivity contribution is -0.145. The summed E-state index contributed by atoms with van der Waals surface area (Å²) in [6.07, 6.45) is 1.71. The molecule has 8 heteroatoms. The van der Waals surface area contributed by atoms with E-state index in [0.29, 0.717) is 12.8 Å². The van der Waals surface area contributed by atoms with E-state index in [9.17, 15) is 14.4 Å². The molecule has 104 valence electrons. The molecule has 1 aromatic rings. The van der Waals surface area contributed by atoms with E-state index in [2.05, 4.69) is 4.98 Å². The number of carbonyl (C=O) groups excluding carboxylic acids is 1. The summed E-state index contributed by atoms with van der Waals surface area (Å²) in [7, 11) is 0. The number of aromatic amines is 1. The molecule has 0 unspecified atom stereocenters. The van der Waals surface area contributed by atoms with Crippen molar-refractivity contribution < 1.29 is 14.3 Å². The van der Waals surface area contributed by atoms with Gasteiger partial charge in [-0.15, -0.1) is 0 Å². The van der Waals surface area contributed by atoms with Gasteiger partial charge in [-0.25, -0.2) is 4.79 Å². The van der Waals surface area contributed by atoms with Gasteiger partial charge in [0.15, 0.2) is 0 Å². The normalized spacial score (nSPS) is 22.4. The molecule has 1 aromatic heterocycles. The van der Waals surface area contributed by atoms with E-state index in [0.717, 1.165) is 0 Å². The molecule has 1 aliphatic heterocycles. The molecule has 2 rings (SSSR count). The van der Waals surface area contributed by atoms with Crippen LogP contribution in [0.5, 0.6) is 0 Å². The third-order valence-electron chi connectivity index (χ3n) is 2.79. The second-order valence-electron chi connectivity index (χ2n) is 4.24. The van der Waals surface area contributed by atoms with Crippen molar-refractivity contribution in [2.24, 2.45) is 0 Å². The number of ether oxygens (including phenoxy) is 2.